The van der Waals surface area contributed by atoms with Crippen molar-refractivity contribution in [3.05, 3.63) is 60.2 Å². The van der Waals surface area contributed by atoms with E-state index in [1.165, 1.54) is 24.0 Å². The van der Waals surface area contributed by atoms with Crippen LogP contribution in [0.5, 0.6) is 0 Å². The molecule has 0 unspecified atom stereocenters. The summed E-state index contributed by atoms with van der Waals surface area (Å²) in [7, 11) is 0. The lowest BCUT2D eigenvalue weighted by Crippen LogP contribution is -1.99. The summed E-state index contributed by atoms with van der Waals surface area (Å²) in [4.78, 5) is 0. The Hall–Kier alpha value is -1.56. The van der Waals surface area contributed by atoms with Crippen LogP contribution < -0.4 is 0 Å². The van der Waals surface area contributed by atoms with E-state index >= 15 is 0 Å². The van der Waals surface area contributed by atoms with Gasteiger partial charge in [-0.3, -0.25) is 0 Å². The molecular formula is C15H15. The van der Waals surface area contributed by atoms with Crippen molar-refractivity contribution in [3.8, 4) is 11.1 Å². The van der Waals surface area contributed by atoms with E-state index in [2.05, 4.69) is 31.2 Å². The normalized spacial score (nSPS) is 10.2. The van der Waals surface area contributed by atoms with E-state index in [-0.39, 0.29) is 0 Å². The van der Waals surface area contributed by atoms with Gasteiger partial charge in [0.2, 0.25) is 0 Å². The molecule has 15 heavy (non-hydrogen) atoms. The Labute approximate surface area is 91.6 Å². The fraction of sp³-hybridized carbons (Fsp3) is 0.200. The van der Waals surface area contributed by atoms with Gasteiger partial charge in [-0.15, -0.1) is 0 Å². The zero-order chi connectivity index (χ0) is 10.5. The van der Waals surface area contributed by atoms with Gasteiger partial charge in [0, 0.05) is 0 Å². The Morgan fingerprint density at radius 1 is 1.07 bits per heavy atom. The monoisotopic (exact) mass is 195 g/mol. The molecule has 1 aromatic carbocycles. The number of hydrogen-bond acceptors (Lipinski definition) is 0. The van der Waals surface area contributed by atoms with Crippen LogP contribution in [0.1, 0.15) is 18.9 Å². The van der Waals surface area contributed by atoms with Gasteiger partial charge in [-0.1, -0.05) is 61.9 Å². The van der Waals surface area contributed by atoms with Gasteiger partial charge in [-0.05, 0) is 29.2 Å². The molecule has 0 amide bonds. The van der Waals surface area contributed by atoms with Gasteiger partial charge in [0.05, 0.1) is 0 Å². The molecule has 0 heteroatoms. The number of fused-ring (bicyclic) bond motifs is 1. The first kappa shape index (κ1) is 9.97. The van der Waals surface area contributed by atoms with Gasteiger partial charge in [0.15, 0.2) is 0 Å². The minimum atomic E-state index is 1.27. The summed E-state index contributed by atoms with van der Waals surface area (Å²) in [5, 5.41) is 0. The van der Waals surface area contributed by atoms with Crippen LogP contribution in [0.25, 0.3) is 11.1 Å². The molecule has 75 valence electrons. The van der Waals surface area contributed by atoms with Crippen LogP contribution in [0.15, 0.2) is 48.5 Å². The van der Waals surface area contributed by atoms with Gasteiger partial charge < -0.3 is 0 Å². The molecule has 0 saturated heterocycles. The van der Waals surface area contributed by atoms with E-state index in [9.17, 15) is 0 Å². The second kappa shape index (κ2) is 4.79. The van der Waals surface area contributed by atoms with Gasteiger partial charge in [-0.25, -0.2) is 0 Å². The van der Waals surface area contributed by atoms with Crippen LogP contribution in [-0.2, 0) is 6.42 Å². The summed E-state index contributed by atoms with van der Waals surface area (Å²) < 4.78 is 0. The predicted octanol–water partition coefficient (Wildman–Crippen LogP) is 4.11. The van der Waals surface area contributed by atoms with Crippen molar-refractivity contribution in [3.63, 3.8) is 0 Å². The summed E-state index contributed by atoms with van der Waals surface area (Å²) in [6, 6.07) is 19.2. The molecule has 2 aliphatic rings. The highest BCUT2D eigenvalue weighted by Gasteiger charge is 2.14. The van der Waals surface area contributed by atoms with Crippen molar-refractivity contribution in [1.82, 2.24) is 0 Å². The van der Waals surface area contributed by atoms with Crippen LogP contribution in [0, 0.1) is 6.07 Å². The average molecular weight is 195 g/mol. The lowest BCUT2D eigenvalue weighted by atomic mass is 9.85. The number of aryl methyl sites for hydroxylation is 1. The van der Waals surface area contributed by atoms with Crippen LogP contribution in [0.4, 0.5) is 0 Å². The number of rotatable bonds is 2. The number of benzene rings is 2. The minimum absolute atomic E-state index is 1.27. The van der Waals surface area contributed by atoms with Crippen molar-refractivity contribution < 1.29 is 0 Å². The first-order valence-electron chi connectivity index (χ1n) is 5.46. The smallest absolute Gasteiger partial charge is 0.0151 e. The summed E-state index contributed by atoms with van der Waals surface area (Å²) in [6.45, 7) is 2.22. The fourth-order valence-corrected chi connectivity index (χ4v) is 1.69. The summed E-state index contributed by atoms with van der Waals surface area (Å²) in [5.74, 6) is 0. The van der Waals surface area contributed by atoms with Crippen molar-refractivity contribution in [2.24, 2.45) is 0 Å². The molecule has 0 heterocycles. The lowest BCUT2D eigenvalue weighted by Gasteiger charge is -2.20. The first-order valence-corrected chi connectivity index (χ1v) is 5.46. The minimum Gasteiger partial charge on any atom is -0.0651 e. The summed E-state index contributed by atoms with van der Waals surface area (Å²) in [5.41, 5.74) is 4.56. The molecule has 0 atom stereocenters. The maximum absolute atomic E-state index is 2.89. The Morgan fingerprint density at radius 2 is 1.87 bits per heavy atom. The predicted molar refractivity (Wildman–Crippen MR) is 64.7 cm³/mol. The molecule has 0 nitrogen and oxygen atoms in total. The molecule has 3 rings (SSSR count). The highest BCUT2D eigenvalue weighted by Crippen LogP contribution is 2.36. The second-order valence-corrected chi connectivity index (χ2v) is 3.70. The van der Waals surface area contributed by atoms with E-state index in [1.807, 2.05) is 30.3 Å². The maximum Gasteiger partial charge on any atom is -0.0151 e. The molecule has 0 aromatic heterocycles. The molecule has 0 fully saturated rings. The van der Waals surface area contributed by atoms with Crippen LogP contribution in [0.3, 0.4) is 0 Å². The topological polar surface area (TPSA) is 0 Å². The SMILES string of the molecule is CCCc1cc2ccc1-2.[c]1ccccc1. The van der Waals surface area contributed by atoms with E-state index in [0.29, 0.717) is 0 Å². The Bertz CT molecular complexity index is 389. The molecule has 0 N–H and O–H groups in total. The van der Waals surface area contributed by atoms with Crippen molar-refractivity contribution in [1.29, 1.82) is 0 Å². The Balaban J connectivity index is 0.000000124. The number of hydrogen-bond donors (Lipinski definition) is 0. The molecule has 0 saturated carbocycles. The van der Waals surface area contributed by atoms with Gasteiger partial charge in [-0.2, -0.15) is 0 Å². The molecular weight excluding hydrogens is 180 g/mol. The third-order valence-corrected chi connectivity index (χ3v) is 2.54. The zero-order valence-corrected chi connectivity index (χ0v) is 9.03. The molecule has 0 spiro atoms. The highest BCUT2D eigenvalue weighted by molar-refractivity contribution is 5.80. The Kier molecular flexibility index (Phi) is 3.18. The van der Waals surface area contributed by atoms with Crippen LogP contribution >= 0.6 is 0 Å². The quantitative estimate of drug-likeness (QED) is 0.577. The maximum atomic E-state index is 2.89. The van der Waals surface area contributed by atoms with Crippen molar-refractivity contribution >= 4 is 0 Å². The fourth-order valence-electron chi connectivity index (χ4n) is 1.69. The third kappa shape index (κ3) is 2.27. The lowest BCUT2D eigenvalue weighted by molar-refractivity contribution is 0.915. The van der Waals surface area contributed by atoms with Crippen molar-refractivity contribution in [2.75, 3.05) is 0 Å². The largest absolute Gasteiger partial charge is 0.0651 e. The van der Waals surface area contributed by atoms with E-state index in [4.69, 9.17) is 0 Å². The Morgan fingerprint density at radius 3 is 2.13 bits per heavy atom. The van der Waals surface area contributed by atoms with Gasteiger partial charge >= 0.3 is 0 Å². The highest BCUT2D eigenvalue weighted by atomic mass is 14.2. The third-order valence-electron chi connectivity index (χ3n) is 2.54. The summed E-state index contributed by atoms with van der Waals surface area (Å²) in [6.07, 6.45) is 2.54. The molecule has 0 bridgehead atoms. The molecule has 1 aromatic rings. The first-order chi connectivity index (χ1) is 7.42. The summed E-state index contributed by atoms with van der Waals surface area (Å²) >= 11 is 0. The van der Waals surface area contributed by atoms with Gasteiger partial charge in [0.25, 0.3) is 0 Å². The van der Waals surface area contributed by atoms with Gasteiger partial charge in [0.1, 0.15) is 0 Å². The molecule has 0 aliphatic heterocycles. The zero-order valence-electron chi connectivity index (χ0n) is 9.03. The second-order valence-electron chi connectivity index (χ2n) is 3.70. The van der Waals surface area contributed by atoms with Crippen LogP contribution in [-0.4, -0.2) is 0 Å². The standard InChI is InChI=1S/C9H10.C6H5/c1-2-3-7-6-8-4-5-9(7)8;1-2-4-6-5-3-1/h4-6H,2-3H2,1H3;1-5H. The van der Waals surface area contributed by atoms with E-state index in [1.54, 1.807) is 5.56 Å². The van der Waals surface area contributed by atoms with Crippen molar-refractivity contribution in [2.45, 2.75) is 19.8 Å². The molecule has 1 radical (unpaired) electrons. The average Bonchev–Trinajstić information content (AvgIpc) is 2.28. The van der Waals surface area contributed by atoms with Crippen LogP contribution in [0.2, 0.25) is 0 Å². The molecule has 2 aliphatic carbocycles. The van der Waals surface area contributed by atoms with E-state index in [0.717, 1.165) is 0 Å². The van der Waals surface area contributed by atoms with E-state index < -0.39 is 0 Å².